The number of hydrogen-bond acceptors (Lipinski definition) is 4. The summed E-state index contributed by atoms with van der Waals surface area (Å²) in [5.74, 6) is 0.700. The molecule has 1 aliphatic heterocycles. The Labute approximate surface area is 133 Å². The van der Waals surface area contributed by atoms with Crippen LogP contribution in [0.15, 0.2) is 36.4 Å². The highest BCUT2D eigenvalue weighted by atomic mass is 19.1. The highest BCUT2D eigenvalue weighted by Crippen LogP contribution is 2.26. The fraction of sp³-hybridized carbons (Fsp3) is 0.294. The van der Waals surface area contributed by atoms with Crippen LogP contribution in [-0.4, -0.2) is 27.7 Å². The molecule has 0 bridgehead atoms. The van der Waals surface area contributed by atoms with Crippen LogP contribution in [0, 0.1) is 5.82 Å². The molecule has 1 aromatic carbocycles. The van der Waals surface area contributed by atoms with E-state index in [0.29, 0.717) is 11.7 Å². The molecule has 0 unspecified atom stereocenters. The van der Waals surface area contributed by atoms with Crippen LogP contribution >= 0.6 is 0 Å². The molecule has 0 amide bonds. The smallest absolute Gasteiger partial charge is 0.158 e. The first-order chi connectivity index (χ1) is 11.2. The number of hydrogen-bond donors (Lipinski definition) is 2. The molecule has 0 radical (unpaired) electrons. The SMILES string of the molecule is Nc1cc([C@H]2CCCNC2)nc2cc(-c3ccc(F)cc3)nn12. The lowest BCUT2D eigenvalue weighted by atomic mass is 9.96. The molecule has 1 saturated heterocycles. The van der Waals surface area contributed by atoms with Crippen molar-refractivity contribution in [3.05, 3.63) is 47.9 Å². The maximum atomic E-state index is 13.1. The average Bonchev–Trinajstić information content (AvgIpc) is 3.01. The Morgan fingerprint density at radius 3 is 2.78 bits per heavy atom. The molecule has 1 fully saturated rings. The highest BCUT2D eigenvalue weighted by Gasteiger charge is 2.18. The molecular weight excluding hydrogens is 293 g/mol. The summed E-state index contributed by atoms with van der Waals surface area (Å²) in [5, 5.41) is 7.89. The normalized spacial score (nSPS) is 18.4. The lowest BCUT2D eigenvalue weighted by Crippen LogP contribution is -2.29. The molecule has 0 spiro atoms. The summed E-state index contributed by atoms with van der Waals surface area (Å²) in [6.45, 7) is 2.00. The number of nitrogens with two attached hydrogens (primary N) is 1. The van der Waals surface area contributed by atoms with Gasteiger partial charge < -0.3 is 11.1 Å². The molecule has 4 rings (SSSR count). The van der Waals surface area contributed by atoms with Crippen LogP contribution < -0.4 is 11.1 Å². The van der Waals surface area contributed by atoms with Gasteiger partial charge >= 0.3 is 0 Å². The Bertz CT molecular complexity index is 834. The zero-order chi connectivity index (χ0) is 15.8. The van der Waals surface area contributed by atoms with Crippen molar-refractivity contribution in [1.29, 1.82) is 0 Å². The van der Waals surface area contributed by atoms with Crippen molar-refractivity contribution in [3.8, 4) is 11.3 Å². The van der Waals surface area contributed by atoms with Crippen LogP contribution in [0.5, 0.6) is 0 Å². The molecule has 5 nitrogen and oxygen atoms in total. The zero-order valence-electron chi connectivity index (χ0n) is 12.7. The Kier molecular flexibility index (Phi) is 3.46. The highest BCUT2D eigenvalue weighted by molar-refractivity contribution is 5.65. The minimum atomic E-state index is -0.262. The Morgan fingerprint density at radius 1 is 1.22 bits per heavy atom. The van der Waals surface area contributed by atoms with Crippen molar-refractivity contribution in [2.24, 2.45) is 0 Å². The molecule has 118 valence electrons. The molecule has 0 aliphatic carbocycles. The zero-order valence-corrected chi connectivity index (χ0v) is 12.7. The summed E-state index contributed by atoms with van der Waals surface area (Å²) >= 11 is 0. The Morgan fingerprint density at radius 2 is 2.04 bits per heavy atom. The van der Waals surface area contributed by atoms with Crippen LogP contribution in [0.3, 0.4) is 0 Å². The molecule has 1 atom stereocenters. The van der Waals surface area contributed by atoms with Crippen LogP contribution in [0.2, 0.25) is 0 Å². The molecule has 23 heavy (non-hydrogen) atoms. The van der Waals surface area contributed by atoms with Gasteiger partial charge in [0.15, 0.2) is 5.65 Å². The topological polar surface area (TPSA) is 68.2 Å². The van der Waals surface area contributed by atoms with Gasteiger partial charge in [-0.15, -0.1) is 0 Å². The predicted octanol–water partition coefficient (Wildman–Crippen LogP) is 2.58. The quantitative estimate of drug-likeness (QED) is 0.763. The first-order valence-corrected chi connectivity index (χ1v) is 7.83. The molecule has 2 aromatic heterocycles. The summed E-state index contributed by atoms with van der Waals surface area (Å²) in [6.07, 6.45) is 2.27. The lowest BCUT2D eigenvalue weighted by molar-refractivity contribution is 0.455. The van der Waals surface area contributed by atoms with Crippen molar-refractivity contribution in [2.75, 3.05) is 18.8 Å². The average molecular weight is 311 g/mol. The fourth-order valence-corrected chi connectivity index (χ4v) is 3.09. The van der Waals surface area contributed by atoms with Gasteiger partial charge in [0.25, 0.3) is 0 Å². The van der Waals surface area contributed by atoms with Gasteiger partial charge in [-0.05, 0) is 43.7 Å². The van der Waals surface area contributed by atoms with Crippen molar-refractivity contribution < 1.29 is 4.39 Å². The fourth-order valence-electron chi connectivity index (χ4n) is 3.09. The molecule has 3 aromatic rings. The van der Waals surface area contributed by atoms with Gasteiger partial charge in [-0.2, -0.15) is 9.61 Å². The second-order valence-electron chi connectivity index (χ2n) is 5.96. The Balaban J connectivity index is 1.75. The van der Waals surface area contributed by atoms with Crippen molar-refractivity contribution in [1.82, 2.24) is 19.9 Å². The van der Waals surface area contributed by atoms with E-state index in [1.54, 1.807) is 16.6 Å². The van der Waals surface area contributed by atoms with E-state index in [0.717, 1.165) is 48.5 Å². The second kappa shape index (κ2) is 5.62. The van der Waals surface area contributed by atoms with Crippen LogP contribution in [0.25, 0.3) is 16.9 Å². The summed E-state index contributed by atoms with van der Waals surface area (Å²) in [7, 11) is 0. The predicted molar refractivity (Wildman–Crippen MR) is 87.6 cm³/mol. The number of nitrogen functional groups attached to an aromatic ring is 1. The standard InChI is InChI=1S/C17H18FN5/c18-13-5-3-11(4-6-13)15-9-17-21-14(8-16(19)23(17)22-15)12-2-1-7-20-10-12/h3-6,8-9,12,20H,1-2,7,10,19H2/t12-/m0/s1. The van der Waals surface area contributed by atoms with Gasteiger partial charge in [0.2, 0.25) is 0 Å². The largest absolute Gasteiger partial charge is 0.384 e. The summed E-state index contributed by atoms with van der Waals surface area (Å²) < 4.78 is 14.7. The third-order valence-electron chi connectivity index (χ3n) is 4.33. The van der Waals surface area contributed by atoms with E-state index in [1.165, 1.54) is 12.1 Å². The number of piperidine rings is 1. The minimum absolute atomic E-state index is 0.262. The number of halogens is 1. The number of nitrogens with zero attached hydrogens (tertiary/aromatic N) is 3. The summed E-state index contributed by atoms with van der Waals surface area (Å²) in [5.41, 5.74) is 9.48. The van der Waals surface area contributed by atoms with Crippen molar-refractivity contribution >= 4 is 11.5 Å². The lowest BCUT2D eigenvalue weighted by Gasteiger charge is -2.22. The third kappa shape index (κ3) is 2.66. The van der Waals surface area contributed by atoms with Crippen molar-refractivity contribution in [2.45, 2.75) is 18.8 Å². The number of anilines is 1. The summed E-state index contributed by atoms with van der Waals surface area (Å²) in [6, 6.07) is 10.1. The van der Waals surface area contributed by atoms with E-state index in [2.05, 4.69) is 10.4 Å². The Hall–Kier alpha value is -2.47. The number of nitrogens with one attached hydrogen (secondary N) is 1. The van der Waals surface area contributed by atoms with E-state index in [1.807, 2.05) is 12.1 Å². The first-order valence-electron chi connectivity index (χ1n) is 7.83. The molecule has 6 heteroatoms. The molecule has 3 heterocycles. The minimum Gasteiger partial charge on any atom is -0.384 e. The van der Waals surface area contributed by atoms with Crippen LogP contribution in [0.4, 0.5) is 10.2 Å². The van der Waals surface area contributed by atoms with Gasteiger partial charge in [0.1, 0.15) is 11.6 Å². The third-order valence-corrected chi connectivity index (χ3v) is 4.33. The van der Waals surface area contributed by atoms with Crippen LogP contribution in [0.1, 0.15) is 24.5 Å². The van der Waals surface area contributed by atoms with E-state index < -0.39 is 0 Å². The van der Waals surface area contributed by atoms with Gasteiger partial charge in [0, 0.05) is 30.2 Å². The van der Waals surface area contributed by atoms with Gasteiger partial charge in [-0.3, -0.25) is 0 Å². The van der Waals surface area contributed by atoms with Gasteiger partial charge in [0.05, 0.1) is 11.4 Å². The number of benzene rings is 1. The molecule has 0 saturated carbocycles. The maximum absolute atomic E-state index is 13.1. The van der Waals surface area contributed by atoms with Crippen LogP contribution in [-0.2, 0) is 0 Å². The molecule has 1 aliphatic rings. The molecular formula is C17H18FN5. The van der Waals surface area contributed by atoms with Gasteiger partial charge in [-0.1, -0.05) is 0 Å². The maximum Gasteiger partial charge on any atom is 0.158 e. The van der Waals surface area contributed by atoms with E-state index in [4.69, 9.17) is 10.7 Å². The first kappa shape index (κ1) is 14.1. The second-order valence-corrected chi connectivity index (χ2v) is 5.96. The number of rotatable bonds is 2. The van der Waals surface area contributed by atoms with Crippen molar-refractivity contribution in [3.63, 3.8) is 0 Å². The van der Waals surface area contributed by atoms with Gasteiger partial charge in [-0.25, -0.2) is 9.37 Å². The van der Waals surface area contributed by atoms with E-state index in [-0.39, 0.29) is 5.82 Å². The number of aromatic nitrogens is 3. The monoisotopic (exact) mass is 311 g/mol. The van der Waals surface area contributed by atoms with E-state index in [9.17, 15) is 4.39 Å². The number of fused-ring (bicyclic) bond motifs is 1. The van der Waals surface area contributed by atoms with E-state index >= 15 is 0 Å². The molecule has 3 N–H and O–H groups in total. The summed E-state index contributed by atoms with van der Waals surface area (Å²) in [4.78, 5) is 4.73.